The van der Waals surface area contributed by atoms with Crippen LogP contribution >= 0.6 is 0 Å². The Hall–Kier alpha value is -2.04. The average Bonchev–Trinajstić information content (AvgIpc) is 2.49. The highest BCUT2D eigenvalue weighted by molar-refractivity contribution is 5.41. The molecule has 0 radical (unpaired) electrons. The van der Waals surface area contributed by atoms with Crippen molar-refractivity contribution < 1.29 is 19.4 Å². The highest BCUT2D eigenvalue weighted by Crippen LogP contribution is 2.28. The molecule has 4 heteroatoms. The van der Waals surface area contributed by atoms with Crippen LogP contribution < -0.4 is 0 Å². The molecule has 3 N–H and O–H groups in total. The third kappa shape index (κ3) is 3.73. The van der Waals surface area contributed by atoms with Gasteiger partial charge in [0.1, 0.15) is 0 Å². The molecule has 0 aromatic heterocycles. The Morgan fingerprint density at radius 3 is 2.50 bits per heavy atom. The summed E-state index contributed by atoms with van der Waals surface area (Å²) < 4.78 is 22.9. The second-order valence-corrected chi connectivity index (χ2v) is 4.63. The summed E-state index contributed by atoms with van der Waals surface area (Å²) in [6, 6.07) is 13.0. The van der Waals surface area contributed by atoms with Gasteiger partial charge in [-0.3, -0.25) is 4.90 Å². The van der Waals surface area contributed by atoms with Crippen LogP contribution in [0.1, 0.15) is 21.3 Å². The van der Waals surface area contributed by atoms with Crippen LogP contribution in [-0.2, 0) is 6.54 Å². The van der Waals surface area contributed by atoms with E-state index in [1.165, 1.54) is 23.1 Å². The number of phenolic OH excluding ortho intramolecular Hbond substituents is 2. The lowest BCUT2D eigenvalue weighted by Crippen LogP contribution is -2.24. The summed E-state index contributed by atoms with van der Waals surface area (Å²) in [6.07, 6.45) is -1.11. The molecule has 0 spiro atoms. The second-order valence-electron chi connectivity index (χ2n) is 4.63. The molecule has 106 valence electrons. The summed E-state index contributed by atoms with van der Waals surface area (Å²) in [7, 11) is 0. The van der Waals surface area contributed by atoms with Crippen LogP contribution in [0.15, 0.2) is 48.5 Å². The minimum absolute atomic E-state index is 0.129. The molecule has 0 heterocycles. The lowest BCUT2D eigenvalue weighted by Gasteiger charge is -2.21. The number of aliphatic hydroxyl groups is 1. The minimum atomic E-state index is -2.37. The largest absolute Gasteiger partial charge is 0.504 e. The Morgan fingerprint density at radius 2 is 1.85 bits per heavy atom. The lowest BCUT2D eigenvalue weighted by atomic mass is 10.1. The number of benzene rings is 2. The maximum Gasteiger partial charge on any atom is 0.157 e. The standard InChI is InChI=1S/C16H19NO3/c1-17(10-12-5-3-2-4-6-12)11-16(20)13-7-8-14(18)15(19)9-13/h2-9,16,18-20H,10-11H2,1H3/i1D3. The molecule has 0 aliphatic carbocycles. The number of aliphatic hydroxyl groups excluding tert-OH is 1. The van der Waals surface area contributed by atoms with Crippen molar-refractivity contribution in [2.45, 2.75) is 12.6 Å². The van der Waals surface area contributed by atoms with Crippen molar-refractivity contribution in [1.29, 1.82) is 0 Å². The number of phenols is 2. The van der Waals surface area contributed by atoms with Crippen LogP contribution in [0.3, 0.4) is 0 Å². The third-order valence-electron chi connectivity index (χ3n) is 2.99. The van der Waals surface area contributed by atoms with E-state index in [1.807, 2.05) is 30.3 Å². The predicted octanol–water partition coefficient (Wildman–Crippen LogP) is 2.26. The zero-order chi connectivity index (χ0) is 17.0. The van der Waals surface area contributed by atoms with Crippen LogP contribution in [0.5, 0.6) is 11.5 Å². The minimum Gasteiger partial charge on any atom is -0.504 e. The van der Waals surface area contributed by atoms with Gasteiger partial charge in [0, 0.05) is 17.2 Å². The van der Waals surface area contributed by atoms with Gasteiger partial charge in [-0.05, 0) is 30.2 Å². The molecular weight excluding hydrogens is 254 g/mol. The molecule has 1 unspecified atom stereocenters. The van der Waals surface area contributed by atoms with Gasteiger partial charge in [0.15, 0.2) is 11.5 Å². The average molecular weight is 276 g/mol. The van der Waals surface area contributed by atoms with E-state index in [1.54, 1.807) is 0 Å². The van der Waals surface area contributed by atoms with Gasteiger partial charge in [0.05, 0.1) is 6.10 Å². The van der Waals surface area contributed by atoms with Crippen molar-refractivity contribution in [2.24, 2.45) is 0 Å². The molecule has 0 amide bonds. The molecule has 0 aliphatic heterocycles. The van der Waals surface area contributed by atoms with Crippen LogP contribution in [-0.4, -0.2) is 33.7 Å². The van der Waals surface area contributed by atoms with Gasteiger partial charge in [-0.2, -0.15) is 0 Å². The number of aromatic hydroxyl groups is 2. The van der Waals surface area contributed by atoms with E-state index in [0.717, 1.165) is 5.56 Å². The number of hydrogen-bond acceptors (Lipinski definition) is 4. The summed E-state index contributed by atoms with van der Waals surface area (Å²) in [4.78, 5) is 1.19. The summed E-state index contributed by atoms with van der Waals surface area (Å²) >= 11 is 0. The summed E-state index contributed by atoms with van der Waals surface area (Å²) in [5.41, 5.74) is 1.16. The Balaban J connectivity index is 2.15. The molecule has 0 fully saturated rings. The van der Waals surface area contributed by atoms with E-state index in [0.29, 0.717) is 5.56 Å². The van der Waals surface area contributed by atoms with Crippen molar-refractivity contribution >= 4 is 0 Å². The van der Waals surface area contributed by atoms with E-state index in [9.17, 15) is 15.3 Å². The Morgan fingerprint density at radius 1 is 1.10 bits per heavy atom. The first kappa shape index (κ1) is 10.7. The van der Waals surface area contributed by atoms with Gasteiger partial charge < -0.3 is 15.3 Å². The van der Waals surface area contributed by atoms with Gasteiger partial charge in [-0.1, -0.05) is 36.4 Å². The third-order valence-corrected chi connectivity index (χ3v) is 2.99. The molecule has 0 aliphatic rings. The first-order valence-corrected chi connectivity index (χ1v) is 6.26. The molecule has 0 saturated carbocycles. The predicted molar refractivity (Wildman–Crippen MR) is 77.5 cm³/mol. The number of hydrogen-bond donors (Lipinski definition) is 3. The molecule has 2 rings (SSSR count). The highest BCUT2D eigenvalue weighted by atomic mass is 16.3. The van der Waals surface area contributed by atoms with Crippen LogP contribution in [0.2, 0.25) is 0 Å². The fourth-order valence-electron chi connectivity index (χ4n) is 1.93. The van der Waals surface area contributed by atoms with Crippen molar-refractivity contribution in [3.8, 4) is 11.5 Å². The van der Waals surface area contributed by atoms with E-state index in [4.69, 9.17) is 4.11 Å². The zero-order valence-electron chi connectivity index (χ0n) is 13.9. The first-order chi connectivity index (χ1) is 10.8. The number of likely N-dealkylation sites (N-methyl/N-ethyl adjacent to an activating group) is 1. The van der Waals surface area contributed by atoms with Crippen LogP contribution in [0, 0.1) is 0 Å². The summed E-state index contributed by atoms with van der Waals surface area (Å²) in [6.45, 7) is -2.33. The van der Waals surface area contributed by atoms with Gasteiger partial charge in [0.2, 0.25) is 0 Å². The van der Waals surface area contributed by atoms with Crippen molar-refractivity contribution in [1.82, 2.24) is 4.90 Å². The molecule has 1 atom stereocenters. The van der Waals surface area contributed by atoms with Crippen molar-refractivity contribution in [3.05, 3.63) is 59.7 Å². The first-order valence-electron chi connectivity index (χ1n) is 7.76. The monoisotopic (exact) mass is 276 g/mol. The SMILES string of the molecule is [2H]C([2H])([2H])N(Cc1ccccc1)CC(O)c1ccc(O)c(O)c1. The van der Waals surface area contributed by atoms with Crippen LogP contribution in [0.4, 0.5) is 0 Å². The normalized spacial score (nSPS) is 15.4. The fraction of sp³-hybridized carbons (Fsp3) is 0.250. The maximum atomic E-state index is 10.3. The summed E-state index contributed by atoms with van der Waals surface area (Å²) in [5, 5.41) is 29.1. The zero-order valence-corrected chi connectivity index (χ0v) is 10.9. The van der Waals surface area contributed by atoms with Gasteiger partial charge in [-0.25, -0.2) is 0 Å². The van der Waals surface area contributed by atoms with E-state index in [-0.39, 0.29) is 24.6 Å². The molecule has 0 saturated heterocycles. The molecule has 20 heavy (non-hydrogen) atoms. The molecular formula is C16H19NO3. The number of nitrogens with zero attached hydrogens (tertiary/aromatic N) is 1. The van der Waals surface area contributed by atoms with Crippen molar-refractivity contribution in [2.75, 3.05) is 13.5 Å². The molecule has 0 bridgehead atoms. The fourth-order valence-corrected chi connectivity index (χ4v) is 1.93. The topological polar surface area (TPSA) is 63.9 Å². The van der Waals surface area contributed by atoms with E-state index < -0.39 is 13.1 Å². The Labute approximate surface area is 122 Å². The van der Waals surface area contributed by atoms with Gasteiger partial charge in [-0.15, -0.1) is 0 Å². The summed E-state index contributed by atoms with van der Waals surface area (Å²) in [5.74, 6) is -0.650. The Kier molecular flexibility index (Phi) is 3.43. The maximum absolute atomic E-state index is 10.3. The van der Waals surface area contributed by atoms with Crippen molar-refractivity contribution in [3.63, 3.8) is 0 Å². The lowest BCUT2D eigenvalue weighted by molar-refractivity contribution is 0.123. The van der Waals surface area contributed by atoms with Crippen LogP contribution in [0.25, 0.3) is 0 Å². The van der Waals surface area contributed by atoms with E-state index >= 15 is 0 Å². The second kappa shape index (κ2) is 6.41. The van der Waals surface area contributed by atoms with Gasteiger partial charge >= 0.3 is 0 Å². The quantitative estimate of drug-likeness (QED) is 0.733. The highest BCUT2D eigenvalue weighted by Gasteiger charge is 2.12. The Bertz CT molecular complexity index is 647. The smallest absolute Gasteiger partial charge is 0.157 e. The van der Waals surface area contributed by atoms with E-state index in [2.05, 4.69) is 0 Å². The molecule has 4 nitrogen and oxygen atoms in total. The number of rotatable bonds is 5. The van der Waals surface area contributed by atoms with Gasteiger partial charge in [0.25, 0.3) is 0 Å². The molecule has 2 aromatic rings. The molecule has 2 aromatic carbocycles.